The van der Waals surface area contributed by atoms with E-state index < -0.39 is 13.0 Å². The minimum atomic E-state index is -2.51. The van der Waals surface area contributed by atoms with Crippen LogP contribution in [0.4, 0.5) is 8.78 Å². The Hall–Kier alpha value is -0.420. The van der Waals surface area contributed by atoms with Crippen LogP contribution >= 0.6 is 11.6 Å². The van der Waals surface area contributed by atoms with Crippen LogP contribution in [0.25, 0.3) is 0 Å². The van der Waals surface area contributed by atoms with Gasteiger partial charge in [-0.05, 0) is 19.3 Å². The molecule has 1 amide bonds. The van der Waals surface area contributed by atoms with E-state index in [9.17, 15) is 13.6 Å². The van der Waals surface area contributed by atoms with Gasteiger partial charge in [0.25, 0.3) is 6.43 Å². The maximum Gasteiger partial charge on any atom is 0.255 e. The first kappa shape index (κ1) is 14.6. The van der Waals surface area contributed by atoms with Crippen LogP contribution in [-0.4, -0.2) is 48.9 Å². The van der Waals surface area contributed by atoms with Crippen LogP contribution in [0.15, 0.2) is 0 Å². The van der Waals surface area contributed by atoms with E-state index in [1.165, 1.54) is 0 Å². The normalized spacial score (nSPS) is 19.9. The molecule has 1 fully saturated rings. The molecule has 0 aromatic carbocycles. The first-order valence-electron chi connectivity index (χ1n) is 5.87. The van der Waals surface area contributed by atoms with E-state index in [2.05, 4.69) is 0 Å². The Morgan fingerprint density at radius 2 is 2.29 bits per heavy atom. The van der Waals surface area contributed by atoms with E-state index in [1.807, 2.05) is 0 Å². The average molecular weight is 270 g/mol. The van der Waals surface area contributed by atoms with Gasteiger partial charge in [-0.3, -0.25) is 4.79 Å². The minimum Gasteiger partial charge on any atom is -0.378 e. The first-order valence-corrected chi connectivity index (χ1v) is 6.40. The fourth-order valence-corrected chi connectivity index (χ4v) is 2.11. The third kappa shape index (κ3) is 5.64. The van der Waals surface area contributed by atoms with E-state index in [0.717, 1.165) is 24.3 Å². The van der Waals surface area contributed by atoms with Gasteiger partial charge in [0, 0.05) is 25.5 Å². The van der Waals surface area contributed by atoms with Crippen LogP contribution in [-0.2, 0) is 9.53 Å². The van der Waals surface area contributed by atoms with Crippen molar-refractivity contribution in [3.63, 3.8) is 0 Å². The second kappa shape index (κ2) is 7.82. The SMILES string of the molecule is O=C(CCC1CCCO1)N(CCCl)CC(F)F. The van der Waals surface area contributed by atoms with Crippen LogP contribution in [0.3, 0.4) is 0 Å². The van der Waals surface area contributed by atoms with Gasteiger partial charge in [0.2, 0.25) is 5.91 Å². The standard InChI is InChI=1S/C11H18ClF2NO2/c12-5-6-15(8-10(13)14)11(16)4-3-9-2-1-7-17-9/h9-10H,1-8H2. The summed E-state index contributed by atoms with van der Waals surface area (Å²) in [4.78, 5) is 12.8. The summed E-state index contributed by atoms with van der Waals surface area (Å²) in [7, 11) is 0. The van der Waals surface area contributed by atoms with Crippen LogP contribution in [0.5, 0.6) is 0 Å². The van der Waals surface area contributed by atoms with Crippen molar-refractivity contribution in [1.82, 2.24) is 4.90 Å². The van der Waals surface area contributed by atoms with E-state index in [1.54, 1.807) is 0 Å². The molecule has 1 heterocycles. The lowest BCUT2D eigenvalue weighted by molar-refractivity contribution is -0.133. The molecule has 100 valence electrons. The van der Waals surface area contributed by atoms with Crippen LogP contribution in [0.2, 0.25) is 0 Å². The number of rotatable bonds is 7. The molecule has 1 unspecified atom stereocenters. The first-order chi connectivity index (χ1) is 8.13. The van der Waals surface area contributed by atoms with Gasteiger partial charge < -0.3 is 9.64 Å². The fourth-order valence-electron chi connectivity index (χ4n) is 1.90. The number of ether oxygens (including phenoxy) is 1. The monoisotopic (exact) mass is 269 g/mol. The molecule has 0 spiro atoms. The van der Waals surface area contributed by atoms with Gasteiger partial charge in [0.15, 0.2) is 0 Å². The Balaban J connectivity index is 2.30. The van der Waals surface area contributed by atoms with Gasteiger partial charge in [-0.25, -0.2) is 8.78 Å². The number of hydrogen-bond acceptors (Lipinski definition) is 2. The molecule has 1 aliphatic heterocycles. The van der Waals surface area contributed by atoms with Crippen LogP contribution < -0.4 is 0 Å². The Bertz CT molecular complexity index is 236. The largest absolute Gasteiger partial charge is 0.378 e. The Morgan fingerprint density at radius 3 is 2.82 bits per heavy atom. The van der Waals surface area contributed by atoms with Crippen LogP contribution in [0, 0.1) is 0 Å². The number of nitrogens with zero attached hydrogens (tertiary/aromatic N) is 1. The van der Waals surface area contributed by atoms with Crippen molar-refractivity contribution in [2.75, 3.05) is 25.6 Å². The quantitative estimate of drug-likeness (QED) is 0.664. The van der Waals surface area contributed by atoms with Crippen LogP contribution in [0.1, 0.15) is 25.7 Å². The molecule has 0 bridgehead atoms. The summed E-state index contributed by atoms with van der Waals surface area (Å²) >= 11 is 5.49. The summed E-state index contributed by atoms with van der Waals surface area (Å²) in [5, 5.41) is 0. The highest BCUT2D eigenvalue weighted by atomic mass is 35.5. The minimum absolute atomic E-state index is 0.114. The summed E-state index contributed by atoms with van der Waals surface area (Å²) < 4.78 is 29.9. The zero-order chi connectivity index (χ0) is 12.7. The highest BCUT2D eigenvalue weighted by Gasteiger charge is 2.21. The molecule has 0 radical (unpaired) electrons. The zero-order valence-corrected chi connectivity index (χ0v) is 10.5. The van der Waals surface area contributed by atoms with Crippen molar-refractivity contribution in [3.05, 3.63) is 0 Å². The number of carbonyl (C=O) groups is 1. The third-order valence-corrected chi connectivity index (χ3v) is 2.94. The van der Waals surface area contributed by atoms with Gasteiger partial charge in [-0.1, -0.05) is 0 Å². The molecule has 6 heteroatoms. The number of carbonyl (C=O) groups excluding carboxylic acids is 1. The number of alkyl halides is 3. The molecular formula is C11H18ClF2NO2. The van der Waals surface area contributed by atoms with Crippen molar-refractivity contribution >= 4 is 17.5 Å². The predicted octanol–water partition coefficient (Wildman–Crippen LogP) is 2.28. The smallest absolute Gasteiger partial charge is 0.255 e. The summed E-state index contributed by atoms with van der Waals surface area (Å²) in [6.07, 6.45) is 0.446. The second-order valence-electron chi connectivity index (χ2n) is 4.09. The molecule has 0 N–H and O–H groups in total. The molecule has 0 aliphatic carbocycles. The van der Waals surface area contributed by atoms with Crippen molar-refractivity contribution in [2.45, 2.75) is 38.2 Å². The average Bonchev–Trinajstić information content (AvgIpc) is 2.77. The maximum atomic E-state index is 12.2. The van der Waals surface area contributed by atoms with Gasteiger partial charge >= 0.3 is 0 Å². The number of hydrogen-bond donors (Lipinski definition) is 0. The lowest BCUT2D eigenvalue weighted by atomic mass is 10.1. The molecule has 1 saturated heterocycles. The van der Waals surface area contributed by atoms with E-state index in [4.69, 9.17) is 16.3 Å². The lowest BCUT2D eigenvalue weighted by Gasteiger charge is -2.21. The van der Waals surface area contributed by atoms with Gasteiger partial charge in [-0.15, -0.1) is 11.6 Å². The van der Waals surface area contributed by atoms with E-state index in [-0.39, 0.29) is 30.9 Å². The second-order valence-corrected chi connectivity index (χ2v) is 4.47. The molecule has 0 aromatic rings. The van der Waals surface area contributed by atoms with Crippen molar-refractivity contribution in [2.24, 2.45) is 0 Å². The molecule has 0 aromatic heterocycles. The zero-order valence-electron chi connectivity index (χ0n) is 9.71. The van der Waals surface area contributed by atoms with Gasteiger partial charge in [0.05, 0.1) is 12.6 Å². The summed E-state index contributed by atoms with van der Waals surface area (Å²) in [6, 6.07) is 0. The number of amides is 1. The predicted molar refractivity (Wildman–Crippen MR) is 61.5 cm³/mol. The summed E-state index contributed by atoms with van der Waals surface area (Å²) in [6.45, 7) is 0.384. The Labute approximate surface area is 105 Å². The van der Waals surface area contributed by atoms with Crippen molar-refractivity contribution in [1.29, 1.82) is 0 Å². The molecule has 3 nitrogen and oxygen atoms in total. The lowest BCUT2D eigenvalue weighted by Crippen LogP contribution is -2.36. The van der Waals surface area contributed by atoms with Gasteiger partial charge in [-0.2, -0.15) is 0 Å². The molecule has 0 saturated carbocycles. The Kier molecular flexibility index (Phi) is 6.73. The van der Waals surface area contributed by atoms with E-state index >= 15 is 0 Å². The molecule has 1 atom stereocenters. The maximum absolute atomic E-state index is 12.2. The summed E-state index contributed by atoms with van der Waals surface area (Å²) in [5.41, 5.74) is 0. The molecule has 1 rings (SSSR count). The third-order valence-electron chi connectivity index (χ3n) is 2.77. The fraction of sp³-hybridized carbons (Fsp3) is 0.909. The Morgan fingerprint density at radius 1 is 1.53 bits per heavy atom. The molecular weight excluding hydrogens is 252 g/mol. The number of halogens is 3. The molecule has 1 aliphatic rings. The molecule has 17 heavy (non-hydrogen) atoms. The topological polar surface area (TPSA) is 29.5 Å². The van der Waals surface area contributed by atoms with E-state index in [0.29, 0.717) is 6.42 Å². The van der Waals surface area contributed by atoms with Crippen molar-refractivity contribution in [3.8, 4) is 0 Å². The van der Waals surface area contributed by atoms with Crippen molar-refractivity contribution < 1.29 is 18.3 Å². The highest BCUT2D eigenvalue weighted by molar-refractivity contribution is 6.18. The van der Waals surface area contributed by atoms with Gasteiger partial charge in [0.1, 0.15) is 0 Å². The highest BCUT2D eigenvalue weighted by Crippen LogP contribution is 2.17. The summed E-state index contributed by atoms with van der Waals surface area (Å²) in [5.74, 6) is -0.0836.